The molecule has 0 saturated carbocycles. The standard InChI is InChI=1S/C25H29FN4O4/c1-3-34-21-7-5-4-6-19(21)23-22(24(31)33-2)20(27-25(32)28-23)16-29-12-14-30(15-13-29)18-10-8-17(26)9-11-18/h4-11,23H,3,12-16H2,1-2H3,(H2,27,28,32)/t23-/m1/s1. The van der Waals surface area contributed by atoms with Crippen molar-refractivity contribution >= 4 is 17.7 Å². The second-order valence-corrected chi connectivity index (χ2v) is 8.13. The number of halogens is 1. The highest BCUT2D eigenvalue weighted by Gasteiger charge is 2.35. The highest BCUT2D eigenvalue weighted by Crippen LogP contribution is 2.34. The van der Waals surface area contributed by atoms with Gasteiger partial charge in [-0.2, -0.15) is 0 Å². The van der Waals surface area contributed by atoms with E-state index in [0.717, 1.165) is 31.9 Å². The van der Waals surface area contributed by atoms with Gasteiger partial charge in [-0.1, -0.05) is 18.2 Å². The van der Waals surface area contributed by atoms with Gasteiger partial charge in [-0.25, -0.2) is 14.0 Å². The SMILES string of the molecule is CCOc1ccccc1[C@H]1NC(=O)NC(CN2CCN(c3ccc(F)cc3)CC2)=C1C(=O)OC. The van der Waals surface area contributed by atoms with E-state index in [4.69, 9.17) is 9.47 Å². The van der Waals surface area contributed by atoms with Gasteiger partial charge in [-0.05, 0) is 37.3 Å². The highest BCUT2D eigenvalue weighted by molar-refractivity contribution is 5.95. The van der Waals surface area contributed by atoms with Crippen LogP contribution in [0.4, 0.5) is 14.9 Å². The van der Waals surface area contributed by atoms with Gasteiger partial charge in [0.15, 0.2) is 0 Å². The molecule has 0 aliphatic carbocycles. The first-order valence-electron chi connectivity index (χ1n) is 11.3. The van der Waals surface area contributed by atoms with E-state index in [1.54, 1.807) is 12.1 Å². The first-order chi connectivity index (χ1) is 16.5. The van der Waals surface area contributed by atoms with Crippen molar-refractivity contribution in [3.8, 4) is 5.75 Å². The van der Waals surface area contributed by atoms with E-state index >= 15 is 0 Å². The summed E-state index contributed by atoms with van der Waals surface area (Å²) in [6, 6.07) is 12.7. The Morgan fingerprint density at radius 2 is 1.79 bits per heavy atom. The van der Waals surface area contributed by atoms with Gasteiger partial charge in [-0.15, -0.1) is 0 Å². The van der Waals surface area contributed by atoms with Crippen LogP contribution < -0.4 is 20.3 Å². The van der Waals surface area contributed by atoms with Crippen LogP contribution in [0.15, 0.2) is 59.8 Å². The van der Waals surface area contributed by atoms with E-state index in [1.165, 1.54) is 19.2 Å². The molecule has 34 heavy (non-hydrogen) atoms. The number of hydrogen-bond donors (Lipinski definition) is 2. The summed E-state index contributed by atoms with van der Waals surface area (Å²) in [5.74, 6) is -0.165. The minimum atomic E-state index is -0.695. The maximum Gasteiger partial charge on any atom is 0.338 e. The van der Waals surface area contributed by atoms with E-state index < -0.39 is 12.0 Å². The summed E-state index contributed by atoms with van der Waals surface area (Å²) in [7, 11) is 1.33. The third kappa shape index (κ3) is 5.14. The first kappa shape index (κ1) is 23.6. The summed E-state index contributed by atoms with van der Waals surface area (Å²) in [6.45, 7) is 5.66. The smallest absolute Gasteiger partial charge is 0.338 e. The fourth-order valence-corrected chi connectivity index (χ4v) is 4.37. The van der Waals surface area contributed by atoms with E-state index in [1.807, 2.05) is 31.2 Å². The Bertz CT molecular complexity index is 1060. The van der Waals surface area contributed by atoms with Crippen molar-refractivity contribution in [2.45, 2.75) is 13.0 Å². The van der Waals surface area contributed by atoms with Crippen LogP contribution in [0.3, 0.4) is 0 Å². The lowest BCUT2D eigenvalue weighted by molar-refractivity contribution is -0.136. The average molecular weight is 469 g/mol. The number of para-hydroxylation sites is 1. The molecule has 180 valence electrons. The predicted molar refractivity (Wildman–Crippen MR) is 126 cm³/mol. The zero-order valence-corrected chi connectivity index (χ0v) is 19.3. The number of ether oxygens (including phenoxy) is 2. The van der Waals surface area contributed by atoms with Crippen LogP contribution in [-0.2, 0) is 9.53 Å². The van der Waals surface area contributed by atoms with Crippen LogP contribution in [0.1, 0.15) is 18.5 Å². The van der Waals surface area contributed by atoms with Crippen molar-refractivity contribution in [3.63, 3.8) is 0 Å². The molecule has 1 atom stereocenters. The van der Waals surface area contributed by atoms with Gasteiger partial charge in [0.2, 0.25) is 0 Å². The van der Waals surface area contributed by atoms with Crippen LogP contribution in [0.5, 0.6) is 5.75 Å². The Hall–Kier alpha value is -3.59. The summed E-state index contributed by atoms with van der Waals surface area (Å²) >= 11 is 0. The van der Waals surface area contributed by atoms with Gasteiger partial charge in [0.1, 0.15) is 11.6 Å². The molecule has 1 saturated heterocycles. The second-order valence-electron chi connectivity index (χ2n) is 8.13. The third-order valence-corrected chi connectivity index (χ3v) is 6.03. The van der Waals surface area contributed by atoms with Gasteiger partial charge < -0.3 is 25.0 Å². The van der Waals surface area contributed by atoms with E-state index in [-0.39, 0.29) is 11.8 Å². The number of anilines is 1. The molecule has 9 heteroatoms. The number of nitrogens with zero attached hydrogens (tertiary/aromatic N) is 2. The molecular formula is C25H29FN4O4. The van der Waals surface area contributed by atoms with E-state index in [9.17, 15) is 14.0 Å². The summed E-state index contributed by atoms with van der Waals surface area (Å²) in [6.07, 6.45) is 0. The number of esters is 1. The van der Waals surface area contributed by atoms with E-state index in [2.05, 4.69) is 20.4 Å². The quantitative estimate of drug-likeness (QED) is 0.608. The van der Waals surface area contributed by atoms with Crippen molar-refractivity contribution in [3.05, 3.63) is 71.2 Å². The molecule has 2 N–H and O–H groups in total. The molecule has 2 aromatic rings. The lowest BCUT2D eigenvalue weighted by Gasteiger charge is -2.38. The van der Waals surface area contributed by atoms with Gasteiger partial charge in [-0.3, -0.25) is 4.90 Å². The molecule has 4 rings (SSSR count). The number of carbonyl (C=O) groups excluding carboxylic acids is 2. The summed E-state index contributed by atoms with van der Waals surface area (Å²) < 4.78 is 24.1. The molecule has 1 fully saturated rings. The van der Waals surface area contributed by atoms with Crippen molar-refractivity contribution in [2.24, 2.45) is 0 Å². The zero-order valence-electron chi connectivity index (χ0n) is 19.3. The monoisotopic (exact) mass is 468 g/mol. The number of benzene rings is 2. The molecule has 0 bridgehead atoms. The number of amides is 2. The van der Waals surface area contributed by atoms with Crippen molar-refractivity contribution in [2.75, 3.05) is 51.3 Å². The Balaban J connectivity index is 1.57. The lowest BCUT2D eigenvalue weighted by atomic mass is 9.94. The maximum atomic E-state index is 13.2. The van der Waals surface area contributed by atoms with Gasteiger partial charge >= 0.3 is 12.0 Å². The minimum absolute atomic E-state index is 0.258. The van der Waals surface area contributed by atoms with Gasteiger partial charge in [0.25, 0.3) is 0 Å². The minimum Gasteiger partial charge on any atom is -0.494 e. The molecular weight excluding hydrogens is 439 g/mol. The molecule has 2 aliphatic rings. The fraction of sp³-hybridized carbons (Fsp3) is 0.360. The summed E-state index contributed by atoms with van der Waals surface area (Å²) in [4.78, 5) is 29.8. The molecule has 2 amide bonds. The Morgan fingerprint density at radius 1 is 1.09 bits per heavy atom. The Labute approximate surface area is 198 Å². The van der Waals surface area contributed by atoms with Crippen molar-refractivity contribution in [1.29, 1.82) is 0 Å². The third-order valence-electron chi connectivity index (χ3n) is 6.03. The number of rotatable bonds is 7. The number of carbonyl (C=O) groups is 2. The van der Waals surface area contributed by atoms with Crippen molar-refractivity contribution in [1.82, 2.24) is 15.5 Å². The molecule has 8 nitrogen and oxygen atoms in total. The predicted octanol–water partition coefficient (Wildman–Crippen LogP) is 2.83. The molecule has 0 radical (unpaired) electrons. The lowest BCUT2D eigenvalue weighted by Crippen LogP contribution is -2.51. The molecule has 2 aromatic carbocycles. The zero-order chi connectivity index (χ0) is 24.1. The van der Waals surface area contributed by atoms with Gasteiger partial charge in [0.05, 0.1) is 25.3 Å². The summed E-state index contributed by atoms with van der Waals surface area (Å²) in [5.41, 5.74) is 2.54. The molecule has 0 unspecified atom stereocenters. The van der Waals surface area contributed by atoms with Crippen LogP contribution in [-0.4, -0.2) is 63.3 Å². The Morgan fingerprint density at radius 3 is 2.47 bits per heavy atom. The average Bonchev–Trinajstić information content (AvgIpc) is 2.85. The second kappa shape index (κ2) is 10.6. The number of hydrogen-bond acceptors (Lipinski definition) is 6. The maximum absolute atomic E-state index is 13.2. The fourth-order valence-electron chi connectivity index (χ4n) is 4.37. The molecule has 0 spiro atoms. The highest BCUT2D eigenvalue weighted by atomic mass is 19.1. The number of methoxy groups -OCH3 is 1. The molecule has 0 aromatic heterocycles. The summed E-state index contributed by atoms with van der Waals surface area (Å²) in [5, 5.41) is 5.67. The topological polar surface area (TPSA) is 83.1 Å². The van der Waals surface area contributed by atoms with Crippen LogP contribution in [0, 0.1) is 5.82 Å². The Kier molecular flexibility index (Phi) is 7.32. The first-order valence-corrected chi connectivity index (χ1v) is 11.3. The van der Waals surface area contributed by atoms with Crippen LogP contribution in [0.25, 0.3) is 0 Å². The van der Waals surface area contributed by atoms with Crippen molar-refractivity contribution < 1.29 is 23.5 Å². The number of urea groups is 1. The number of piperazine rings is 1. The molecule has 2 heterocycles. The molecule has 2 aliphatic heterocycles. The largest absolute Gasteiger partial charge is 0.494 e. The van der Waals surface area contributed by atoms with Gasteiger partial charge in [0, 0.05) is 49.7 Å². The van der Waals surface area contributed by atoms with Crippen LogP contribution >= 0.6 is 0 Å². The normalized spacial score (nSPS) is 18.9. The number of nitrogens with one attached hydrogen (secondary N) is 2. The van der Waals surface area contributed by atoms with E-state index in [0.29, 0.717) is 35.7 Å². The van der Waals surface area contributed by atoms with Crippen LogP contribution in [0.2, 0.25) is 0 Å².